The fourth-order valence-corrected chi connectivity index (χ4v) is 2.92. The van der Waals surface area contributed by atoms with Crippen molar-refractivity contribution in [2.75, 3.05) is 5.32 Å². The third-order valence-electron chi connectivity index (χ3n) is 3.35. The van der Waals surface area contributed by atoms with Crippen LogP contribution in [0.15, 0.2) is 48.0 Å². The van der Waals surface area contributed by atoms with E-state index >= 15 is 0 Å². The summed E-state index contributed by atoms with van der Waals surface area (Å²) in [5, 5.41) is 5.65. The smallest absolute Gasteiger partial charge is 0.205 e. The van der Waals surface area contributed by atoms with Crippen molar-refractivity contribution in [3.63, 3.8) is 0 Å². The number of thiazole rings is 1. The van der Waals surface area contributed by atoms with Crippen molar-refractivity contribution in [1.29, 1.82) is 0 Å². The summed E-state index contributed by atoms with van der Waals surface area (Å²) in [6.45, 7) is 0. The number of hydrogen-bond acceptors (Lipinski definition) is 4. The zero-order valence-corrected chi connectivity index (χ0v) is 12.5. The van der Waals surface area contributed by atoms with Crippen LogP contribution in [0.2, 0.25) is 0 Å². The van der Waals surface area contributed by atoms with Crippen LogP contribution in [0.4, 0.5) is 20.4 Å². The SMILES string of the molecule is Fc1ccc(Nc2nc3ccc(-c4nccs4)cc3[nH]2)c(F)c1. The predicted octanol–water partition coefficient (Wildman–Crippen LogP) is 4.71. The molecule has 2 N–H and O–H groups in total. The fourth-order valence-electron chi connectivity index (χ4n) is 2.29. The summed E-state index contributed by atoms with van der Waals surface area (Å²) >= 11 is 1.55. The van der Waals surface area contributed by atoms with Crippen molar-refractivity contribution in [2.45, 2.75) is 0 Å². The molecule has 4 nitrogen and oxygen atoms in total. The van der Waals surface area contributed by atoms with Crippen LogP contribution >= 0.6 is 11.3 Å². The molecule has 0 unspecified atom stereocenters. The van der Waals surface area contributed by atoms with Crippen LogP contribution in [0.3, 0.4) is 0 Å². The molecule has 114 valence electrons. The third-order valence-corrected chi connectivity index (χ3v) is 4.17. The predicted molar refractivity (Wildman–Crippen MR) is 86.8 cm³/mol. The highest BCUT2D eigenvalue weighted by atomic mass is 32.1. The van der Waals surface area contributed by atoms with Gasteiger partial charge in [-0.3, -0.25) is 0 Å². The Balaban J connectivity index is 1.68. The molecule has 4 rings (SSSR count). The van der Waals surface area contributed by atoms with E-state index in [9.17, 15) is 8.78 Å². The van der Waals surface area contributed by atoms with Gasteiger partial charge in [-0.2, -0.15) is 0 Å². The number of H-pyrrole nitrogens is 1. The molecule has 0 fully saturated rings. The van der Waals surface area contributed by atoms with E-state index < -0.39 is 11.6 Å². The van der Waals surface area contributed by atoms with Crippen molar-refractivity contribution < 1.29 is 8.78 Å². The number of aromatic nitrogens is 3. The van der Waals surface area contributed by atoms with Gasteiger partial charge in [-0.05, 0) is 30.3 Å². The molecule has 2 aromatic heterocycles. The molecule has 0 aliphatic heterocycles. The Bertz CT molecular complexity index is 979. The molecule has 7 heteroatoms. The van der Waals surface area contributed by atoms with E-state index in [1.807, 2.05) is 23.6 Å². The molecule has 4 aromatic rings. The molecule has 0 bridgehead atoms. The number of imidazole rings is 1. The summed E-state index contributed by atoms with van der Waals surface area (Å²) in [7, 11) is 0. The molecule has 23 heavy (non-hydrogen) atoms. The van der Waals surface area contributed by atoms with E-state index in [1.165, 1.54) is 12.1 Å². The monoisotopic (exact) mass is 328 g/mol. The Kier molecular flexibility index (Phi) is 3.27. The maximum atomic E-state index is 13.7. The van der Waals surface area contributed by atoms with Crippen molar-refractivity contribution in [2.24, 2.45) is 0 Å². The van der Waals surface area contributed by atoms with Gasteiger partial charge in [-0.15, -0.1) is 11.3 Å². The lowest BCUT2D eigenvalue weighted by Crippen LogP contribution is -1.95. The minimum absolute atomic E-state index is 0.158. The standard InChI is InChI=1S/C16H10F2N4S/c17-10-2-4-12(11(18)8-10)20-16-21-13-3-1-9(7-14(13)22-16)15-19-5-6-23-15/h1-8H,(H2,20,21,22). The number of nitrogens with zero attached hydrogens (tertiary/aromatic N) is 2. The van der Waals surface area contributed by atoms with Gasteiger partial charge in [0.15, 0.2) is 0 Å². The van der Waals surface area contributed by atoms with Crippen molar-refractivity contribution in [3.05, 3.63) is 59.6 Å². The van der Waals surface area contributed by atoms with E-state index in [2.05, 4.69) is 20.3 Å². The number of aromatic amines is 1. The number of anilines is 2. The normalized spacial score (nSPS) is 11.0. The number of halogens is 2. The van der Waals surface area contributed by atoms with Crippen LogP contribution in [-0.2, 0) is 0 Å². The van der Waals surface area contributed by atoms with Gasteiger partial charge in [0.25, 0.3) is 0 Å². The van der Waals surface area contributed by atoms with Gasteiger partial charge in [-0.25, -0.2) is 18.7 Å². The number of hydrogen-bond donors (Lipinski definition) is 2. The second-order valence-electron chi connectivity index (χ2n) is 4.90. The van der Waals surface area contributed by atoms with E-state index in [-0.39, 0.29) is 5.69 Å². The first-order valence-electron chi connectivity index (χ1n) is 6.81. The zero-order chi connectivity index (χ0) is 15.8. The summed E-state index contributed by atoms with van der Waals surface area (Å²) < 4.78 is 26.6. The molecule has 0 saturated heterocycles. The van der Waals surface area contributed by atoms with Crippen LogP contribution < -0.4 is 5.32 Å². The Morgan fingerprint density at radius 2 is 2.00 bits per heavy atom. The van der Waals surface area contributed by atoms with Crippen molar-refractivity contribution >= 4 is 34.0 Å². The minimum atomic E-state index is -0.672. The number of nitrogens with one attached hydrogen (secondary N) is 2. The van der Waals surface area contributed by atoms with Gasteiger partial charge in [0, 0.05) is 23.2 Å². The molecule has 0 radical (unpaired) electrons. The summed E-state index contributed by atoms with van der Waals surface area (Å²) in [4.78, 5) is 11.7. The van der Waals surface area contributed by atoms with E-state index in [0.29, 0.717) is 5.95 Å². The Hall–Kier alpha value is -2.80. The zero-order valence-electron chi connectivity index (χ0n) is 11.7. The van der Waals surface area contributed by atoms with Gasteiger partial charge in [0.05, 0.1) is 16.7 Å². The lowest BCUT2D eigenvalue weighted by molar-refractivity contribution is 0.586. The minimum Gasteiger partial charge on any atom is -0.324 e. The summed E-state index contributed by atoms with van der Waals surface area (Å²) in [6.07, 6.45) is 1.75. The highest BCUT2D eigenvalue weighted by Crippen LogP contribution is 2.27. The Morgan fingerprint density at radius 1 is 1.09 bits per heavy atom. The van der Waals surface area contributed by atoms with Crippen LogP contribution in [0, 0.1) is 11.6 Å². The maximum Gasteiger partial charge on any atom is 0.205 e. The molecule has 0 atom stereocenters. The number of fused-ring (bicyclic) bond motifs is 1. The topological polar surface area (TPSA) is 53.6 Å². The lowest BCUT2D eigenvalue weighted by Gasteiger charge is -2.03. The molecular weight excluding hydrogens is 318 g/mol. The van der Waals surface area contributed by atoms with E-state index in [0.717, 1.165) is 27.7 Å². The van der Waals surface area contributed by atoms with Crippen LogP contribution in [0.25, 0.3) is 21.6 Å². The second-order valence-corrected chi connectivity index (χ2v) is 5.80. The summed E-state index contributed by atoms with van der Waals surface area (Å²) in [5.74, 6) is -0.901. The largest absolute Gasteiger partial charge is 0.324 e. The summed E-state index contributed by atoms with van der Waals surface area (Å²) in [6, 6.07) is 9.09. The highest BCUT2D eigenvalue weighted by molar-refractivity contribution is 7.13. The molecule has 2 heterocycles. The van der Waals surface area contributed by atoms with Gasteiger partial charge in [0.2, 0.25) is 5.95 Å². The van der Waals surface area contributed by atoms with Crippen LogP contribution in [0.1, 0.15) is 0 Å². The quantitative estimate of drug-likeness (QED) is 0.573. The molecule has 0 spiro atoms. The first-order chi connectivity index (χ1) is 11.2. The van der Waals surface area contributed by atoms with Gasteiger partial charge < -0.3 is 10.3 Å². The molecule has 0 saturated carbocycles. The van der Waals surface area contributed by atoms with Crippen LogP contribution in [-0.4, -0.2) is 15.0 Å². The molecule has 0 aliphatic carbocycles. The Labute approximate surface area is 133 Å². The lowest BCUT2D eigenvalue weighted by atomic mass is 10.2. The molecule has 0 aliphatic rings. The second kappa shape index (κ2) is 5.44. The number of benzene rings is 2. The Morgan fingerprint density at radius 3 is 2.78 bits per heavy atom. The fraction of sp³-hybridized carbons (Fsp3) is 0. The number of rotatable bonds is 3. The van der Waals surface area contributed by atoms with E-state index in [1.54, 1.807) is 17.5 Å². The summed E-state index contributed by atoms with van der Waals surface area (Å²) in [5.41, 5.74) is 2.69. The van der Waals surface area contributed by atoms with Crippen LogP contribution in [0.5, 0.6) is 0 Å². The molecule has 2 aromatic carbocycles. The van der Waals surface area contributed by atoms with Gasteiger partial charge >= 0.3 is 0 Å². The highest BCUT2D eigenvalue weighted by Gasteiger charge is 2.09. The third kappa shape index (κ3) is 2.66. The van der Waals surface area contributed by atoms with Gasteiger partial charge in [-0.1, -0.05) is 0 Å². The molecule has 0 amide bonds. The van der Waals surface area contributed by atoms with Crippen molar-refractivity contribution in [3.8, 4) is 10.6 Å². The van der Waals surface area contributed by atoms with E-state index in [4.69, 9.17) is 0 Å². The first-order valence-corrected chi connectivity index (χ1v) is 7.69. The van der Waals surface area contributed by atoms with Crippen molar-refractivity contribution in [1.82, 2.24) is 15.0 Å². The first kappa shape index (κ1) is 13.8. The maximum absolute atomic E-state index is 13.7. The average Bonchev–Trinajstić information content (AvgIpc) is 3.18. The average molecular weight is 328 g/mol. The van der Waals surface area contributed by atoms with Gasteiger partial charge in [0.1, 0.15) is 16.6 Å². The molecular formula is C16H10F2N4S.